The van der Waals surface area contributed by atoms with Gasteiger partial charge in [-0.15, -0.1) is 0 Å². The van der Waals surface area contributed by atoms with Gasteiger partial charge in [0, 0.05) is 36.2 Å². The summed E-state index contributed by atoms with van der Waals surface area (Å²) in [5.74, 6) is -0.162. The van der Waals surface area contributed by atoms with E-state index in [2.05, 4.69) is 25.9 Å². The lowest BCUT2D eigenvalue weighted by Crippen LogP contribution is -2.42. The molecule has 1 aromatic rings. The Kier molecular flexibility index (Phi) is 12.5. The number of nitrogens with zero attached hydrogens (tertiary/aromatic N) is 3. The van der Waals surface area contributed by atoms with Crippen LogP contribution in [0.2, 0.25) is 0 Å². The summed E-state index contributed by atoms with van der Waals surface area (Å²) in [5, 5.41) is 4.00. The lowest BCUT2D eigenvalue weighted by molar-refractivity contribution is -0.139. The van der Waals surface area contributed by atoms with E-state index in [1.807, 2.05) is 89.2 Å². The van der Waals surface area contributed by atoms with Gasteiger partial charge in [0.1, 0.15) is 18.3 Å². The van der Waals surface area contributed by atoms with Crippen molar-refractivity contribution < 1.29 is 28.4 Å². The van der Waals surface area contributed by atoms with Gasteiger partial charge in [-0.05, 0) is 58.4 Å². The molecule has 0 aromatic carbocycles. The van der Waals surface area contributed by atoms with Crippen LogP contribution in [-0.2, 0) is 31.6 Å². The molecule has 0 saturated carbocycles. The van der Waals surface area contributed by atoms with Crippen LogP contribution in [-0.4, -0.2) is 57.8 Å². The fourth-order valence-corrected chi connectivity index (χ4v) is 4.16. The van der Waals surface area contributed by atoms with Crippen molar-refractivity contribution in [3.63, 3.8) is 0 Å². The quantitative estimate of drug-likeness (QED) is 0.292. The molecule has 3 atom stereocenters. The second kappa shape index (κ2) is 14.2. The molecule has 0 bridgehead atoms. The SMILES string of the molecule is CC1C=C(C(C)(C)C)C(=O)O1.CC1CC(C(C)(C)C)=NO1.CC1CN(C(C)(C)C)C(=O)O1.Cn1cc(C(C)(C)C)c(=O)o1. The van der Waals surface area contributed by atoms with Gasteiger partial charge in [-0.25, -0.2) is 19.1 Å². The molecule has 3 aliphatic heterocycles. The van der Waals surface area contributed by atoms with E-state index in [0.29, 0.717) is 6.54 Å². The van der Waals surface area contributed by atoms with E-state index in [9.17, 15) is 14.4 Å². The zero-order valence-electron chi connectivity index (χ0n) is 29.5. The summed E-state index contributed by atoms with van der Waals surface area (Å²) < 4.78 is 16.2. The zero-order chi connectivity index (χ0) is 33.7. The van der Waals surface area contributed by atoms with Gasteiger partial charge in [0.05, 0.1) is 17.8 Å². The van der Waals surface area contributed by atoms with Crippen molar-refractivity contribution >= 4 is 17.8 Å². The maximum atomic E-state index is 11.1. The number of cyclic esters (lactones) is 2. The Labute approximate surface area is 258 Å². The lowest BCUT2D eigenvalue weighted by atomic mass is 9.86. The average molecular weight is 608 g/mol. The molecule has 3 unspecified atom stereocenters. The summed E-state index contributed by atoms with van der Waals surface area (Å²) in [7, 11) is 1.70. The van der Waals surface area contributed by atoms with E-state index >= 15 is 0 Å². The maximum absolute atomic E-state index is 11.1. The van der Waals surface area contributed by atoms with Crippen LogP contribution in [0.5, 0.6) is 0 Å². The third-order valence-electron chi connectivity index (χ3n) is 6.75. The normalized spacial score (nSPS) is 22.0. The van der Waals surface area contributed by atoms with Crippen molar-refractivity contribution in [1.82, 2.24) is 9.64 Å². The highest BCUT2D eigenvalue weighted by Crippen LogP contribution is 2.31. The fraction of sp³-hybridized carbons (Fsp3) is 0.758. The molecule has 0 radical (unpaired) electrons. The molecule has 1 saturated heterocycles. The molecule has 43 heavy (non-hydrogen) atoms. The van der Waals surface area contributed by atoms with Crippen LogP contribution >= 0.6 is 0 Å². The van der Waals surface area contributed by atoms with Gasteiger partial charge in [-0.3, -0.25) is 4.90 Å². The predicted molar refractivity (Wildman–Crippen MR) is 170 cm³/mol. The smallest absolute Gasteiger partial charge is 0.410 e. The van der Waals surface area contributed by atoms with Crippen molar-refractivity contribution in [2.24, 2.45) is 23.0 Å². The number of carbonyl (C=O) groups excluding carboxylic acids is 2. The molecule has 1 fully saturated rings. The van der Waals surface area contributed by atoms with Gasteiger partial charge in [0.2, 0.25) is 0 Å². The molecule has 4 rings (SSSR count). The fourth-order valence-electron chi connectivity index (χ4n) is 4.16. The van der Waals surface area contributed by atoms with Crippen LogP contribution in [0.25, 0.3) is 0 Å². The molecule has 1 amide bonds. The summed E-state index contributed by atoms with van der Waals surface area (Å²) in [5.41, 5.74) is 2.33. The van der Waals surface area contributed by atoms with Crippen molar-refractivity contribution in [3.8, 4) is 0 Å². The molecule has 4 heterocycles. The van der Waals surface area contributed by atoms with Crippen molar-refractivity contribution in [2.75, 3.05) is 6.54 Å². The first-order valence-corrected chi connectivity index (χ1v) is 15.1. The standard InChI is InChI=1S/C9H14O2.C8H13NO2.C8H15NO2.C8H15NO/c1-6-5-7(8(10)11-6)9(2,3)4;1-8(2,3)6-5-9(4)11-7(6)10;1-6-5-9(7(10)11-6)8(2,3)4;1-6-5-7(9-10-6)8(2,3)4/h5-6H,1-4H3;5H,1-4H3;6H,5H2,1-4H3;6H,5H2,1-4H3. The maximum Gasteiger partial charge on any atom is 0.410 e. The predicted octanol–water partition coefficient (Wildman–Crippen LogP) is 7.00. The number of oxime groups is 1. The van der Waals surface area contributed by atoms with Gasteiger partial charge in [-0.2, -0.15) is 0 Å². The van der Waals surface area contributed by atoms with E-state index < -0.39 is 0 Å². The number of aryl methyl sites for hydroxylation is 1. The second-order valence-electron chi connectivity index (χ2n) is 15.5. The highest BCUT2D eigenvalue weighted by atomic mass is 16.6. The summed E-state index contributed by atoms with van der Waals surface area (Å²) in [6.07, 6.45) is 4.70. The van der Waals surface area contributed by atoms with Crippen molar-refractivity contribution in [2.45, 2.75) is 140 Å². The highest BCUT2D eigenvalue weighted by Gasteiger charge is 2.35. The molecule has 0 spiro atoms. The summed E-state index contributed by atoms with van der Waals surface area (Å²) in [6.45, 7) is 31.0. The third kappa shape index (κ3) is 12.2. The molecule has 0 aliphatic carbocycles. The lowest BCUT2D eigenvalue weighted by Gasteiger charge is -2.28. The molecule has 10 nitrogen and oxygen atoms in total. The Morgan fingerprint density at radius 1 is 0.791 bits per heavy atom. The van der Waals surface area contributed by atoms with Gasteiger partial charge in [0.15, 0.2) is 0 Å². The van der Waals surface area contributed by atoms with Gasteiger partial charge < -0.3 is 18.8 Å². The number of hydrogen-bond donors (Lipinski definition) is 0. The number of ether oxygens (including phenoxy) is 2. The van der Waals surface area contributed by atoms with E-state index in [-0.39, 0.29) is 57.8 Å². The first kappa shape index (κ1) is 38.0. The zero-order valence-corrected chi connectivity index (χ0v) is 29.5. The van der Waals surface area contributed by atoms with Gasteiger partial charge in [0.25, 0.3) is 0 Å². The minimum absolute atomic E-state index is 0.0433. The number of hydrogen-bond acceptors (Lipinski definition) is 8. The topological polar surface area (TPSA) is 113 Å². The van der Waals surface area contributed by atoms with Crippen LogP contribution in [0, 0.1) is 10.8 Å². The Hall–Kier alpha value is -3.04. The third-order valence-corrected chi connectivity index (χ3v) is 6.75. The van der Waals surface area contributed by atoms with Crippen molar-refractivity contribution in [3.05, 3.63) is 33.8 Å². The van der Waals surface area contributed by atoms with Crippen molar-refractivity contribution in [1.29, 1.82) is 0 Å². The monoisotopic (exact) mass is 607 g/mol. The van der Waals surface area contributed by atoms with E-state index in [1.165, 1.54) is 10.5 Å². The molecule has 3 aliphatic rings. The number of carbonyl (C=O) groups is 2. The van der Waals surface area contributed by atoms with Gasteiger partial charge >= 0.3 is 17.7 Å². The van der Waals surface area contributed by atoms with Crippen LogP contribution < -0.4 is 5.63 Å². The minimum atomic E-state index is -0.236. The van der Waals surface area contributed by atoms with Crippen LogP contribution in [0.1, 0.15) is 116 Å². The molecule has 246 valence electrons. The van der Waals surface area contributed by atoms with Crippen LogP contribution in [0.4, 0.5) is 4.79 Å². The van der Waals surface area contributed by atoms with Crippen LogP contribution in [0.15, 0.2) is 32.3 Å². The number of esters is 1. The number of rotatable bonds is 0. The minimum Gasteiger partial charge on any atom is -0.455 e. The molecular weight excluding hydrogens is 550 g/mol. The number of amides is 1. The van der Waals surface area contributed by atoms with E-state index in [0.717, 1.165) is 17.6 Å². The highest BCUT2D eigenvalue weighted by molar-refractivity contribution is 5.92. The molecule has 0 N–H and O–H groups in total. The Bertz CT molecular complexity index is 1210. The second-order valence-corrected chi connectivity index (χ2v) is 15.5. The first-order chi connectivity index (χ1) is 19.2. The van der Waals surface area contributed by atoms with Crippen LogP contribution in [0.3, 0.4) is 0 Å². The number of aromatic nitrogens is 1. The molecular formula is C33H57N3O7. The molecule has 10 heteroatoms. The summed E-state index contributed by atoms with van der Waals surface area (Å²) in [4.78, 5) is 40.2. The van der Waals surface area contributed by atoms with E-state index in [1.54, 1.807) is 18.1 Å². The van der Waals surface area contributed by atoms with E-state index in [4.69, 9.17) is 18.8 Å². The summed E-state index contributed by atoms with van der Waals surface area (Å²) >= 11 is 0. The molecule has 1 aromatic heterocycles. The summed E-state index contributed by atoms with van der Waals surface area (Å²) in [6, 6.07) is 0. The Morgan fingerprint density at radius 3 is 1.53 bits per heavy atom. The first-order valence-electron chi connectivity index (χ1n) is 15.1. The van der Waals surface area contributed by atoms with Gasteiger partial charge in [-0.1, -0.05) is 67.5 Å². The largest absolute Gasteiger partial charge is 0.455 e. The Morgan fingerprint density at radius 2 is 1.35 bits per heavy atom. The Balaban J connectivity index is 0.000000287. The average Bonchev–Trinajstić information content (AvgIpc) is 3.55.